The first-order valence-corrected chi connectivity index (χ1v) is 11.0. The largest absolute Gasteiger partial charge is 0.462 e. The molecule has 0 aliphatic rings. The van der Waals surface area contributed by atoms with Gasteiger partial charge in [-0.1, -0.05) is 30.3 Å². The number of aromatic nitrogens is 2. The fourth-order valence-electron chi connectivity index (χ4n) is 3.18. The lowest BCUT2D eigenvalue weighted by Crippen LogP contribution is -2.24. The topological polar surface area (TPSA) is 143 Å². The van der Waals surface area contributed by atoms with Crippen LogP contribution in [-0.4, -0.2) is 45.8 Å². The number of thiophene rings is 1. The van der Waals surface area contributed by atoms with E-state index >= 15 is 0 Å². The summed E-state index contributed by atoms with van der Waals surface area (Å²) in [5, 5.41) is 17.6. The van der Waals surface area contributed by atoms with Crippen LogP contribution in [0.2, 0.25) is 0 Å². The van der Waals surface area contributed by atoms with Gasteiger partial charge < -0.3 is 14.8 Å². The highest BCUT2D eigenvalue weighted by atomic mass is 32.1. The van der Waals surface area contributed by atoms with Crippen LogP contribution in [0.5, 0.6) is 0 Å². The van der Waals surface area contributed by atoms with Crippen LogP contribution in [0, 0.1) is 24.0 Å². The maximum atomic E-state index is 12.4. The third-order valence-electron chi connectivity index (χ3n) is 4.69. The number of hydrogen-bond donors (Lipinski definition) is 1. The highest BCUT2D eigenvalue weighted by molar-refractivity contribution is 7.18. The van der Waals surface area contributed by atoms with Gasteiger partial charge in [-0.2, -0.15) is 5.10 Å². The van der Waals surface area contributed by atoms with Crippen molar-refractivity contribution < 1.29 is 28.8 Å². The summed E-state index contributed by atoms with van der Waals surface area (Å²) in [4.78, 5) is 48.4. The molecule has 0 saturated carbocycles. The van der Waals surface area contributed by atoms with Gasteiger partial charge in [-0.3, -0.25) is 24.4 Å². The molecular weight excluding hydrogens is 464 g/mol. The Morgan fingerprint density at radius 3 is 2.50 bits per heavy atom. The minimum absolute atomic E-state index is 0.172. The van der Waals surface area contributed by atoms with Crippen molar-refractivity contribution in [2.45, 2.75) is 27.3 Å². The third-order valence-corrected chi connectivity index (χ3v) is 5.86. The van der Waals surface area contributed by atoms with Crippen molar-refractivity contribution in [1.82, 2.24) is 9.78 Å². The molecule has 1 N–H and O–H groups in total. The molecule has 11 nitrogen and oxygen atoms in total. The monoisotopic (exact) mass is 486 g/mol. The number of nitrogens with one attached hydrogen (secondary N) is 1. The second-order valence-electron chi connectivity index (χ2n) is 7.08. The van der Waals surface area contributed by atoms with Crippen molar-refractivity contribution in [1.29, 1.82) is 0 Å². The van der Waals surface area contributed by atoms with E-state index in [1.165, 1.54) is 25.2 Å². The molecule has 3 rings (SSSR count). The van der Waals surface area contributed by atoms with Gasteiger partial charge in [0.25, 0.3) is 5.91 Å². The van der Waals surface area contributed by atoms with E-state index in [1.54, 1.807) is 13.0 Å². The van der Waals surface area contributed by atoms with E-state index in [9.17, 15) is 24.5 Å². The van der Waals surface area contributed by atoms with E-state index in [1.807, 2.05) is 30.3 Å². The quantitative estimate of drug-likeness (QED) is 0.275. The van der Waals surface area contributed by atoms with Crippen LogP contribution in [0.1, 0.15) is 28.0 Å². The molecule has 12 heteroatoms. The SMILES string of the molecule is CCOC(=O)c1sc(-c2ccccc2)cc1NC(=O)COC(=O)Cn1nc(C)c([N+](=O)[O-])c1C. The molecule has 34 heavy (non-hydrogen) atoms. The predicted molar refractivity (Wildman–Crippen MR) is 124 cm³/mol. The van der Waals surface area contributed by atoms with Crippen LogP contribution in [0.4, 0.5) is 11.4 Å². The number of ether oxygens (including phenoxy) is 2. The molecule has 1 aromatic carbocycles. The van der Waals surface area contributed by atoms with Crippen molar-refractivity contribution in [3.8, 4) is 10.4 Å². The number of rotatable bonds is 9. The number of carbonyl (C=O) groups is 3. The number of amides is 1. The zero-order valence-electron chi connectivity index (χ0n) is 18.7. The van der Waals surface area contributed by atoms with E-state index in [2.05, 4.69) is 10.4 Å². The Morgan fingerprint density at radius 1 is 1.18 bits per heavy atom. The predicted octanol–water partition coefficient (Wildman–Crippen LogP) is 3.50. The molecule has 178 valence electrons. The van der Waals surface area contributed by atoms with Gasteiger partial charge >= 0.3 is 17.6 Å². The van der Waals surface area contributed by atoms with Gasteiger partial charge in [0, 0.05) is 4.88 Å². The first-order valence-electron chi connectivity index (χ1n) is 10.2. The second kappa shape index (κ2) is 10.7. The molecule has 0 fully saturated rings. The van der Waals surface area contributed by atoms with Crippen molar-refractivity contribution in [2.24, 2.45) is 0 Å². The van der Waals surface area contributed by atoms with Crippen molar-refractivity contribution in [3.05, 3.63) is 62.8 Å². The number of benzene rings is 1. The fourth-order valence-corrected chi connectivity index (χ4v) is 4.20. The first-order chi connectivity index (χ1) is 16.2. The van der Waals surface area contributed by atoms with Gasteiger partial charge in [-0.25, -0.2) is 4.79 Å². The second-order valence-corrected chi connectivity index (χ2v) is 8.14. The number of hydrogen-bond acceptors (Lipinski definition) is 9. The van der Waals surface area contributed by atoms with Crippen LogP contribution in [-0.2, 0) is 25.6 Å². The Kier molecular flexibility index (Phi) is 7.74. The lowest BCUT2D eigenvalue weighted by molar-refractivity contribution is -0.386. The Bertz CT molecular complexity index is 1230. The van der Waals surface area contributed by atoms with Crippen LogP contribution in [0.25, 0.3) is 10.4 Å². The van der Waals surface area contributed by atoms with E-state index in [4.69, 9.17) is 9.47 Å². The Morgan fingerprint density at radius 2 is 1.88 bits per heavy atom. The highest BCUT2D eigenvalue weighted by Crippen LogP contribution is 2.35. The van der Waals surface area contributed by atoms with E-state index in [0.717, 1.165) is 15.1 Å². The number of aryl methyl sites for hydroxylation is 1. The van der Waals surface area contributed by atoms with Crippen LogP contribution >= 0.6 is 11.3 Å². The van der Waals surface area contributed by atoms with Gasteiger partial charge in [0.15, 0.2) is 6.61 Å². The number of nitro groups is 1. The average molecular weight is 487 g/mol. The summed E-state index contributed by atoms with van der Waals surface area (Å²) in [7, 11) is 0. The maximum absolute atomic E-state index is 12.4. The Labute approximate surface area is 198 Å². The van der Waals surface area contributed by atoms with Crippen LogP contribution in [0.3, 0.4) is 0 Å². The normalized spacial score (nSPS) is 10.6. The summed E-state index contributed by atoms with van der Waals surface area (Å²) in [5.41, 5.74) is 1.31. The van der Waals surface area contributed by atoms with Crippen LogP contribution in [0.15, 0.2) is 36.4 Å². The van der Waals surface area contributed by atoms with Gasteiger partial charge in [0.2, 0.25) is 0 Å². The molecule has 3 aromatic rings. The Hall–Kier alpha value is -4.06. The third kappa shape index (κ3) is 5.64. The van der Waals surface area contributed by atoms with Gasteiger partial charge in [-0.15, -0.1) is 11.3 Å². The van der Waals surface area contributed by atoms with Gasteiger partial charge in [0.1, 0.15) is 22.8 Å². The standard InChI is InChI=1S/C22H22N4O7S/c1-4-32-22(29)21-16(10-17(34-21)15-8-6-5-7-9-15)23-18(27)12-33-19(28)11-25-14(3)20(26(30)31)13(2)24-25/h5-10H,4,11-12H2,1-3H3,(H,23,27). The summed E-state index contributed by atoms with van der Waals surface area (Å²) in [6.07, 6.45) is 0. The van der Waals surface area contributed by atoms with Gasteiger partial charge in [-0.05, 0) is 32.4 Å². The van der Waals surface area contributed by atoms with Gasteiger partial charge in [0.05, 0.1) is 17.2 Å². The van der Waals surface area contributed by atoms with Crippen molar-refractivity contribution in [2.75, 3.05) is 18.5 Å². The summed E-state index contributed by atoms with van der Waals surface area (Å²) in [5.74, 6) is -2.03. The molecule has 0 unspecified atom stereocenters. The maximum Gasteiger partial charge on any atom is 0.350 e. The minimum Gasteiger partial charge on any atom is -0.462 e. The highest BCUT2D eigenvalue weighted by Gasteiger charge is 2.24. The van der Waals surface area contributed by atoms with E-state index in [-0.39, 0.29) is 34.2 Å². The Balaban J connectivity index is 1.67. The van der Waals surface area contributed by atoms with Crippen molar-refractivity contribution in [3.63, 3.8) is 0 Å². The number of anilines is 1. The molecule has 2 aromatic heterocycles. The lowest BCUT2D eigenvalue weighted by atomic mass is 10.2. The number of esters is 2. The smallest absolute Gasteiger partial charge is 0.350 e. The molecule has 0 spiro atoms. The zero-order valence-corrected chi connectivity index (χ0v) is 19.5. The summed E-state index contributed by atoms with van der Waals surface area (Å²) >= 11 is 1.17. The lowest BCUT2D eigenvalue weighted by Gasteiger charge is -2.08. The van der Waals surface area contributed by atoms with Crippen molar-refractivity contribution >= 4 is 40.6 Å². The molecule has 0 saturated heterocycles. The van der Waals surface area contributed by atoms with Crippen LogP contribution < -0.4 is 5.32 Å². The molecule has 0 aliphatic carbocycles. The molecular formula is C22H22N4O7S. The number of carbonyl (C=O) groups excluding carboxylic acids is 3. The zero-order chi connectivity index (χ0) is 24.8. The summed E-state index contributed by atoms with van der Waals surface area (Å²) < 4.78 is 11.2. The fraction of sp³-hybridized carbons (Fsp3) is 0.273. The number of nitrogens with zero attached hydrogens (tertiary/aromatic N) is 3. The molecule has 0 radical (unpaired) electrons. The average Bonchev–Trinajstić information content (AvgIpc) is 3.33. The summed E-state index contributed by atoms with van der Waals surface area (Å²) in [6, 6.07) is 11.0. The first kappa shape index (κ1) is 24.6. The molecule has 0 aliphatic heterocycles. The minimum atomic E-state index is -0.795. The molecule has 2 heterocycles. The van der Waals surface area contributed by atoms with E-state index in [0.29, 0.717) is 0 Å². The molecule has 0 bridgehead atoms. The molecule has 1 amide bonds. The summed E-state index contributed by atoms with van der Waals surface area (Å²) in [6.45, 7) is 3.78. The van der Waals surface area contributed by atoms with E-state index < -0.39 is 35.9 Å². The molecule has 0 atom stereocenters.